The summed E-state index contributed by atoms with van der Waals surface area (Å²) in [5.41, 5.74) is 3.06. The predicted octanol–water partition coefficient (Wildman–Crippen LogP) is 4.37. The highest BCUT2D eigenvalue weighted by Gasteiger charge is 2.17. The van der Waals surface area contributed by atoms with Crippen molar-refractivity contribution >= 4 is 23.2 Å². The van der Waals surface area contributed by atoms with Crippen LogP contribution in [0.2, 0.25) is 0 Å². The first-order valence-corrected chi connectivity index (χ1v) is 12.1. The van der Waals surface area contributed by atoms with E-state index in [1.165, 1.54) is 11.3 Å². The Morgan fingerprint density at radius 1 is 1.09 bits per heavy atom. The molecule has 2 amide bonds. The molecule has 0 aliphatic carbocycles. The topological polar surface area (TPSA) is 80.1 Å². The number of aromatic nitrogens is 3. The van der Waals surface area contributed by atoms with Crippen LogP contribution in [0.15, 0.2) is 78.6 Å². The summed E-state index contributed by atoms with van der Waals surface area (Å²) >= 11 is 1.45. The molecule has 34 heavy (non-hydrogen) atoms. The fourth-order valence-corrected chi connectivity index (χ4v) is 4.41. The minimum atomic E-state index is -0.207. The average Bonchev–Trinajstić information content (AvgIpc) is 3.53. The zero-order valence-corrected chi connectivity index (χ0v) is 19.9. The number of rotatable bonds is 10. The second-order valence-electron chi connectivity index (χ2n) is 7.89. The highest BCUT2D eigenvalue weighted by atomic mass is 32.1. The molecule has 7 nitrogen and oxygen atoms in total. The minimum Gasteiger partial charge on any atom is -0.347 e. The van der Waals surface area contributed by atoms with Gasteiger partial charge >= 0.3 is 0 Å². The van der Waals surface area contributed by atoms with Crippen LogP contribution in [-0.4, -0.2) is 37.8 Å². The molecule has 8 heteroatoms. The molecule has 4 aromatic rings. The van der Waals surface area contributed by atoms with E-state index in [9.17, 15) is 9.59 Å². The highest BCUT2D eigenvalue weighted by molar-refractivity contribution is 7.09. The summed E-state index contributed by atoms with van der Waals surface area (Å²) in [6.45, 7) is 4.21. The fourth-order valence-electron chi connectivity index (χ4n) is 3.64. The van der Waals surface area contributed by atoms with E-state index >= 15 is 0 Å². The van der Waals surface area contributed by atoms with Gasteiger partial charge in [0.1, 0.15) is 10.7 Å². The summed E-state index contributed by atoms with van der Waals surface area (Å²) in [5, 5.41) is 5.49. The summed E-state index contributed by atoms with van der Waals surface area (Å²) < 4.78 is 2.08. The maximum atomic E-state index is 13.0. The van der Waals surface area contributed by atoms with E-state index in [2.05, 4.69) is 26.8 Å². The van der Waals surface area contributed by atoms with E-state index in [0.29, 0.717) is 37.4 Å². The van der Waals surface area contributed by atoms with Crippen molar-refractivity contribution < 1.29 is 9.59 Å². The van der Waals surface area contributed by atoms with Crippen LogP contribution >= 0.6 is 11.3 Å². The number of hydrogen-bond donors (Lipinski definition) is 1. The number of nitrogens with one attached hydrogen (secondary N) is 1. The van der Waals surface area contributed by atoms with Crippen LogP contribution in [-0.2, 0) is 19.6 Å². The van der Waals surface area contributed by atoms with Crippen molar-refractivity contribution in [2.45, 2.75) is 33.0 Å². The summed E-state index contributed by atoms with van der Waals surface area (Å²) in [6, 6.07) is 17.1. The Balaban J connectivity index is 1.40. The Labute approximate surface area is 203 Å². The van der Waals surface area contributed by atoms with Crippen molar-refractivity contribution in [1.29, 1.82) is 0 Å². The van der Waals surface area contributed by atoms with Gasteiger partial charge in [-0.1, -0.05) is 31.2 Å². The van der Waals surface area contributed by atoms with Crippen LogP contribution in [0.1, 0.15) is 50.5 Å². The second kappa shape index (κ2) is 11.4. The molecule has 0 fully saturated rings. The Kier molecular flexibility index (Phi) is 7.83. The van der Waals surface area contributed by atoms with E-state index in [4.69, 9.17) is 0 Å². The standard InChI is InChI=1S/C26H27N5O2S/c1-2-13-31(26(33)21-9-4-3-5-10-21)17-22-11-7-14-30(22)18-24-29-23(19-34-24)25(32)28-16-20-8-6-12-27-15-20/h3-12,14-15,19H,2,13,16-18H2,1H3,(H,28,32). The number of pyridine rings is 1. The van der Waals surface area contributed by atoms with Crippen molar-refractivity contribution in [2.75, 3.05) is 6.54 Å². The van der Waals surface area contributed by atoms with E-state index in [1.807, 2.05) is 65.7 Å². The molecule has 0 saturated carbocycles. The largest absolute Gasteiger partial charge is 0.347 e. The number of thiazole rings is 1. The van der Waals surface area contributed by atoms with Crippen LogP contribution in [0.3, 0.4) is 0 Å². The summed E-state index contributed by atoms with van der Waals surface area (Å²) in [4.78, 5) is 36.0. The molecule has 1 aromatic carbocycles. The lowest BCUT2D eigenvalue weighted by Crippen LogP contribution is -2.32. The SMILES string of the molecule is CCCN(Cc1cccn1Cc1nc(C(=O)NCc2cccnc2)cs1)C(=O)c1ccccc1. The van der Waals surface area contributed by atoms with Gasteiger partial charge in [0.25, 0.3) is 11.8 Å². The quantitative estimate of drug-likeness (QED) is 0.371. The van der Waals surface area contributed by atoms with Crippen LogP contribution in [0.25, 0.3) is 0 Å². The van der Waals surface area contributed by atoms with Crippen molar-refractivity contribution in [3.63, 3.8) is 0 Å². The van der Waals surface area contributed by atoms with Crippen LogP contribution in [0, 0.1) is 0 Å². The van der Waals surface area contributed by atoms with E-state index in [-0.39, 0.29) is 11.8 Å². The van der Waals surface area contributed by atoms with Gasteiger partial charge in [-0.25, -0.2) is 4.98 Å². The molecule has 1 N–H and O–H groups in total. The van der Waals surface area contributed by atoms with Gasteiger partial charge in [-0.2, -0.15) is 0 Å². The summed E-state index contributed by atoms with van der Waals surface area (Å²) in [6.07, 6.45) is 6.29. The van der Waals surface area contributed by atoms with Crippen LogP contribution < -0.4 is 5.32 Å². The normalized spacial score (nSPS) is 10.7. The molecule has 0 aliphatic rings. The third-order valence-electron chi connectivity index (χ3n) is 5.34. The summed E-state index contributed by atoms with van der Waals surface area (Å²) in [5.74, 6) is -0.182. The molecule has 0 bridgehead atoms. The van der Waals surface area contributed by atoms with Gasteiger partial charge in [0.15, 0.2) is 0 Å². The van der Waals surface area contributed by atoms with Crippen LogP contribution in [0.5, 0.6) is 0 Å². The number of carbonyl (C=O) groups is 2. The van der Waals surface area contributed by atoms with Gasteiger partial charge in [-0.15, -0.1) is 11.3 Å². The van der Waals surface area contributed by atoms with E-state index in [1.54, 1.807) is 17.8 Å². The summed E-state index contributed by atoms with van der Waals surface area (Å²) in [7, 11) is 0. The smallest absolute Gasteiger partial charge is 0.271 e. The maximum absolute atomic E-state index is 13.0. The van der Waals surface area contributed by atoms with Crippen molar-refractivity contribution in [3.8, 4) is 0 Å². The predicted molar refractivity (Wildman–Crippen MR) is 133 cm³/mol. The first-order valence-electron chi connectivity index (χ1n) is 11.2. The molecule has 0 atom stereocenters. The number of hydrogen-bond acceptors (Lipinski definition) is 5. The molecule has 0 spiro atoms. The van der Waals surface area contributed by atoms with Gasteiger partial charge in [0.2, 0.25) is 0 Å². The van der Waals surface area contributed by atoms with Crippen molar-refractivity contribution in [3.05, 3.63) is 106 Å². The maximum Gasteiger partial charge on any atom is 0.271 e. The molecule has 3 aromatic heterocycles. The number of amides is 2. The third kappa shape index (κ3) is 5.96. The number of nitrogens with zero attached hydrogens (tertiary/aromatic N) is 4. The second-order valence-corrected chi connectivity index (χ2v) is 8.83. The third-order valence-corrected chi connectivity index (χ3v) is 6.18. The molecular weight excluding hydrogens is 446 g/mol. The molecule has 0 aliphatic heterocycles. The zero-order valence-electron chi connectivity index (χ0n) is 19.1. The lowest BCUT2D eigenvalue weighted by atomic mass is 10.2. The first-order chi connectivity index (χ1) is 16.6. The monoisotopic (exact) mass is 473 g/mol. The minimum absolute atomic E-state index is 0.0250. The fraction of sp³-hybridized carbons (Fsp3) is 0.231. The first kappa shape index (κ1) is 23.4. The average molecular weight is 474 g/mol. The number of benzene rings is 1. The Morgan fingerprint density at radius 3 is 2.71 bits per heavy atom. The van der Waals surface area contributed by atoms with Crippen LogP contribution in [0.4, 0.5) is 0 Å². The molecule has 0 unspecified atom stereocenters. The van der Waals surface area contributed by atoms with Crippen molar-refractivity contribution in [1.82, 2.24) is 24.8 Å². The highest BCUT2D eigenvalue weighted by Crippen LogP contribution is 2.16. The molecule has 4 rings (SSSR count). The molecule has 3 heterocycles. The van der Waals surface area contributed by atoms with E-state index in [0.717, 1.165) is 22.7 Å². The number of carbonyl (C=O) groups excluding carboxylic acids is 2. The lowest BCUT2D eigenvalue weighted by Gasteiger charge is -2.23. The molecular formula is C26H27N5O2S. The van der Waals surface area contributed by atoms with Gasteiger partial charge < -0.3 is 14.8 Å². The van der Waals surface area contributed by atoms with Crippen molar-refractivity contribution in [2.24, 2.45) is 0 Å². The van der Waals surface area contributed by atoms with Gasteiger partial charge in [-0.05, 0) is 42.3 Å². The van der Waals surface area contributed by atoms with Gasteiger partial charge in [0.05, 0.1) is 13.1 Å². The Hall–Kier alpha value is -3.78. The lowest BCUT2D eigenvalue weighted by molar-refractivity contribution is 0.0739. The molecule has 0 saturated heterocycles. The Bertz CT molecular complexity index is 1220. The molecule has 174 valence electrons. The molecule has 0 radical (unpaired) electrons. The van der Waals surface area contributed by atoms with Gasteiger partial charge in [0, 0.05) is 48.3 Å². The van der Waals surface area contributed by atoms with Gasteiger partial charge in [-0.3, -0.25) is 14.6 Å². The zero-order chi connectivity index (χ0) is 23.8. The Morgan fingerprint density at radius 2 is 1.94 bits per heavy atom. The van der Waals surface area contributed by atoms with E-state index < -0.39 is 0 Å².